The van der Waals surface area contributed by atoms with Crippen LogP contribution in [-0.4, -0.2) is 17.6 Å². The van der Waals surface area contributed by atoms with Crippen molar-refractivity contribution in [3.05, 3.63) is 102 Å². The minimum Gasteiger partial charge on any atom is -0.493 e. The second-order valence-electron chi connectivity index (χ2n) is 6.64. The number of para-hydroxylation sites is 1. The molecule has 0 aliphatic carbocycles. The maximum absolute atomic E-state index is 13.3. The van der Waals surface area contributed by atoms with Crippen molar-refractivity contribution >= 4 is 5.91 Å². The Balaban J connectivity index is 1.71. The number of hydrogen-bond acceptors (Lipinski definition) is 3. The standard InChI is InChI=1S/C23H21NO3/c25-22(24-20-15-16-27-21-14-8-7-13-19(20)21)23(26,17-9-3-1-4-10-17)18-11-5-2-6-12-18/h1-14,20,26H,15-16H2,(H,24,25)/t20-/m0/s1. The zero-order valence-electron chi connectivity index (χ0n) is 14.8. The van der Waals surface area contributed by atoms with E-state index in [1.807, 2.05) is 60.7 Å². The van der Waals surface area contributed by atoms with Crippen LogP contribution in [0.15, 0.2) is 84.9 Å². The number of aliphatic hydroxyl groups is 1. The van der Waals surface area contributed by atoms with Crippen LogP contribution >= 0.6 is 0 Å². The van der Waals surface area contributed by atoms with Crippen molar-refractivity contribution in [3.63, 3.8) is 0 Å². The summed E-state index contributed by atoms with van der Waals surface area (Å²) in [6, 6.07) is 25.5. The van der Waals surface area contributed by atoms with Crippen LogP contribution < -0.4 is 10.1 Å². The van der Waals surface area contributed by atoms with Gasteiger partial charge in [0.05, 0.1) is 12.6 Å². The van der Waals surface area contributed by atoms with Crippen molar-refractivity contribution in [2.75, 3.05) is 6.61 Å². The fourth-order valence-corrected chi connectivity index (χ4v) is 3.54. The van der Waals surface area contributed by atoms with Gasteiger partial charge in [-0.05, 0) is 17.2 Å². The van der Waals surface area contributed by atoms with E-state index in [0.717, 1.165) is 11.3 Å². The summed E-state index contributed by atoms with van der Waals surface area (Å²) in [7, 11) is 0. The van der Waals surface area contributed by atoms with Crippen molar-refractivity contribution in [3.8, 4) is 5.75 Å². The molecule has 0 fully saturated rings. The molecule has 4 nitrogen and oxygen atoms in total. The van der Waals surface area contributed by atoms with E-state index in [-0.39, 0.29) is 6.04 Å². The van der Waals surface area contributed by atoms with Crippen LogP contribution in [0.25, 0.3) is 0 Å². The second kappa shape index (κ2) is 7.25. The minimum absolute atomic E-state index is 0.207. The molecule has 0 bridgehead atoms. The van der Waals surface area contributed by atoms with Crippen LogP contribution in [0, 0.1) is 0 Å². The summed E-state index contributed by atoms with van der Waals surface area (Å²) in [5, 5.41) is 14.6. The van der Waals surface area contributed by atoms with Crippen molar-refractivity contribution in [1.82, 2.24) is 5.32 Å². The molecule has 0 aromatic heterocycles. The lowest BCUT2D eigenvalue weighted by Crippen LogP contribution is -2.47. The molecule has 27 heavy (non-hydrogen) atoms. The highest BCUT2D eigenvalue weighted by molar-refractivity contribution is 5.90. The Morgan fingerprint density at radius 2 is 1.44 bits per heavy atom. The summed E-state index contributed by atoms with van der Waals surface area (Å²) >= 11 is 0. The smallest absolute Gasteiger partial charge is 0.261 e. The van der Waals surface area contributed by atoms with Gasteiger partial charge in [0.2, 0.25) is 0 Å². The predicted molar refractivity (Wildman–Crippen MR) is 103 cm³/mol. The highest BCUT2D eigenvalue weighted by Gasteiger charge is 2.41. The number of nitrogens with one attached hydrogen (secondary N) is 1. The van der Waals surface area contributed by atoms with E-state index >= 15 is 0 Å². The van der Waals surface area contributed by atoms with E-state index in [9.17, 15) is 9.90 Å². The molecule has 0 radical (unpaired) electrons. The summed E-state index contributed by atoms with van der Waals surface area (Å²) in [4.78, 5) is 13.3. The van der Waals surface area contributed by atoms with E-state index in [2.05, 4.69) is 5.32 Å². The minimum atomic E-state index is -1.77. The fourth-order valence-electron chi connectivity index (χ4n) is 3.54. The third-order valence-corrected chi connectivity index (χ3v) is 4.98. The van der Waals surface area contributed by atoms with E-state index < -0.39 is 11.5 Å². The van der Waals surface area contributed by atoms with Crippen molar-refractivity contribution in [2.45, 2.75) is 18.1 Å². The molecular weight excluding hydrogens is 338 g/mol. The van der Waals surface area contributed by atoms with Crippen LogP contribution in [0.5, 0.6) is 5.75 Å². The molecule has 136 valence electrons. The van der Waals surface area contributed by atoms with Gasteiger partial charge in [0.15, 0.2) is 5.60 Å². The van der Waals surface area contributed by atoms with Gasteiger partial charge < -0.3 is 15.2 Å². The molecule has 4 heteroatoms. The third kappa shape index (κ3) is 3.20. The highest BCUT2D eigenvalue weighted by atomic mass is 16.5. The van der Waals surface area contributed by atoms with Gasteiger partial charge in [0, 0.05) is 12.0 Å². The molecule has 2 N–H and O–H groups in total. The molecular formula is C23H21NO3. The Bertz CT molecular complexity index is 885. The number of benzene rings is 3. The van der Waals surface area contributed by atoms with Gasteiger partial charge in [0.1, 0.15) is 5.75 Å². The Labute approximate surface area is 158 Å². The first-order chi connectivity index (χ1) is 13.2. The molecule has 1 aliphatic rings. The van der Waals surface area contributed by atoms with Crippen molar-refractivity contribution in [2.24, 2.45) is 0 Å². The van der Waals surface area contributed by atoms with Crippen LogP contribution in [0.3, 0.4) is 0 Å². The molecule has 0 unspecified atom stereocenters. The average molecular weight is 359 g/mol. The van der Waals surface area contributed by atoms with Crippen LogP contribution in [-0.2, 0) is 10.4 Å². The Hall–Kier alpha value is -3.11. The van der Waals surface area contributed by atoms with Crippen molar-refractivity contribution < 1.29 is 14.6 Å². The number of hydrogen-bond donors (Lipinski definition) is 2. The monoisotopic (exact) mass is 359 g/mol. The zero-order valence-corrected chi connectivity index (χ0v) is 14.8. The van der Waals surface area contributed by atoms with Gasteiger partial charge in [-0.3, -0.25) is 4.79 Å². The van der Waals surface area contributed by atoms with Crippen LogP contribution in [0.2, 0.25) is 0 Å². The van der Waals surface area contributed by atoms with Gasteiger partial charge in [-0.25, -0.2) is 0 Å². The molecule has 4 rings (SSSR count). The molecule has 1 atom stereocenters. The molecule has 1 aliphatic heterocycles. The molecule has 3 aromatic carbocycles. The van der Waals surface area contributed by atoms with E-state index in [1.54, 1.807) is 24.3 Å². The molecule has 1 amide bonds. The molecule has 1 heterocycles. The predicted octanol–water partition coefficient (Wildman–Crippen LogP) is 3.56. The first-order valence-corrected chi connectivity index (χ1v) is 9.05. The SMILES string of the molecule is O=C(N[C@H]1CCOc2ccccc21)C(O)(c1ccccc1)c1ccccc1. The normalized spacial score (nSPS) is 16.1. The summed E-state index contributed by atoms with van der Waals surface area (Å²) in [5.74, 6) is 0.332. The maximum Gasteiger partial charge on any atom is 0.261 e. The van der Waals surface area contributed by atoms with E-state index in [1.165, 1.54) is 0 Å². The number of fused-ring (bicyclic) bond motifs is 1. The number of rotatable bonds is 4. The van der Waals surface area contributed by atoms with Gasteiger partial charge in [0.25, 0.3) is 5.91 Å². The quantitative estimate of drug-likeness (QED) is 0.749. The lowest BCUT2D eigenvalue weighted by atomic mass is 9.85. The molecule has 3 aromatic rings. The lowest BCUT2D eigenvalue weighted by molar-refractivity contribution is -0.137. The Morgan fingerprint density at radius 3 is 2.07 bits per heavy atom. The lowest BCUT2D eigenvalue weighted by Gasteiger charge is -2.32. The molecule has 0 spiro atoms. The molecule has 0 saturated heterocycles. The Kier molecular flexibility index (Phi) is 4.65. The van der Waals surface area contributed by atoms with E-state index in [0.29, 0.717) is 24.2 Å². The van der Waals surface area contributed by atoms with Crippen LogP contribution in [0.1, 0.15) is 29.2 Å². The molecule has 0 saturated carbocycles. The maximum atomic E-state index is 13.3. The van der Waals surface area contributed by atoms with Crippen molar-refractivity contribution in [1.29, 1.82) is 0 Å². The average Bonchev–Trinajstić information content (AvgIpc) is 2.74. The zero-order chi connectivity index (χ0) is 18.7. The van der Waals surface area contributed by atoms with Gasteiger partial charge in [-0.2, -0.15) is 0 Å². The Morgan fingerprint density at radius 1 is 0.889 bits per heavy atom. The topological polar surface area (TPSA) is 58.6 Å². The second-order valence-corrected chi connectivity index (χ2v) is 6.64. The van der Waals surface area contributed by atoms with Gasteiger partial charge >= 0.3 is 0 Å². The van der Waals surface area contributed by atoms with Gasteiger partial charge in [-0.1, -0.05) is 78.9 Å². The third-order valence-electron chi connectivity index (χ3n) is 4.98. The number of ether oxygens (including phenoxy) is 1. The van der Waals surface area contributed by atoms with Crippen LogP contribution in [0.4, 0.5) is 0 Å². The fraction of sp³-hybridized carbons (Fsp3) is 0.174. The number of carbonyl (C=O) groups excluding carboxylic acids is 1. The summed E-state index contributed by atoms with van der Waals surface area (Å²) in [6.07, 6.45) is 0.655. The first-order valence-electron chi connectivity index (χ1n) is 9.05. The largest absolute Gasteiger partial charge is 0.493 e. The summed E-state index contributed by atoms with van der Waals surface area (Å²) < 4.78 is 5.68. The first kappa shape index (κ1) is 17.3. The van der Waals surface area contributed by atoms with Gasteiger partial charge in [-0.15, -0.1) is 0 Å². The van der Waals surface area contributed by atoms with E-state index in [4.69, 9.17) is 4.74 Å². The number of amides is 1. The number of carbonyl (C=O) groups is 1. The summed E-state index contributed by atoms with van der Waals surface area (Å²) in [6.45, 7) is 0.525. The summed E-state index contributed by atoms with van der Waals surface area (Å²) in [5.41, 5.74) is 0.235. The highest BCUT2D eigenvalue weighted by Crippen LogP contribution is 2.34.